The zero-order valence-corrected chi connectivity index (χ0v) is 8.42. The molecule has 0 spiro atoms. The summed E-state index contributed by atoms with van der Waals surface area (Å²) in [6.07, 6.45) is 0.992. The average molecular weight is 189 g/mol. The van der Waals surface area contributed by atoms with Gasteiger partial charge in [-0.25, -0.2) is 0 Å². The van der Waals surface area contributed by atoms with Crippen molar-refractivity contribution < 1.29 is 4.74 Å². The Hall–Kier alpha value is -1.28. The fourth-order valence-electron chi connectivity index (χ4n) is 1.68. The zero-order valence-electron chi connectivity index (χ0n) is 8.42. The Morgan fingerprint density at radius 3 is 3.07 bits per heavy atom. The zero-order chi connectivity index (χ0) is 10.1. The minimum Gasteiger partial charge on any atom is -0.493 e. The molecule has 1 aliphatic rings. The summed E-state index contributed by atoms with van der Waals surface area (Å²) in [6.45, 7) is 6.61. The van der Waals surface area contributed by atoms with Crippen LogP contribution in [0.15, 0.2) is 30.4 Å². The van der Waals surface area contributed by atoms with Crippen LogP contribution in [-0.4, -0.2) is 6.61 Å². The molecule has 1 heterocycles. The van der Waals surface area contributed by atoms with Gasteiger partial charge in [-0.2, -0.15) is 0 Å². The average Bonchev–Trinajstić information content (AvgIpc) is 2.62. The number of nitrogens with two attached hydrogens (primary N) is 1. The van der Waals surface area contributed by atoms with Crippen molar-refractivity contribution in [3.8, 4) is 5.75 Å². The largest absolute Gasteiger partial charge is 0.493 e. The SMILES string of the molecule is C=C(C)C(N)c1ccc2c(c1)CCO2. The maximum atomic E-state index is 5.99. The highest BCUT2D eigenvalue weighted by atomic mass is 16.5. The van der Waals surface area contributed by atoms with E-state index in [1.165, 1.54) is 5.56 Å². The molecule has 74 valence electrons. The van der Waals surface area contributed by atoms with Crippen LogP contribution in [0, 0.1) is 0 Å². The maximum absolute atomic E-state index is 5.99. The van der Waals surface area contributed by atoms with E-state index in [1.807, 2.05) is 19.1 Å². The molecule has 1 atom stereocenters. The number of rotatable bonds is 2. The van der Waals surface area contributed by atoms with Crippen LogP contribution in [-0.2, 0) is 6.42 Å². The third-order valence-corrected chi connectivity index (χ3v) is 2.60. The smallest absolute Gasteiger partial charge is 0.122 e. The molecule has 14 heavy (non-hydrogen) atoms. The van der Waals surface area contributed by atoms with Crippen molar-refractivity contribution in [3.05, 3.63) is 41.5 Å². The lowest BCUT2D eigenvalue weighted by molar-refractivity contribution is 0.357. The lowest BCUT2D eigenvalue weighted by Crippen LogP contribution is -2.10. The van der Waals surface area contributed by atoms with Gasteiger partial charge in [0.15, 0.2) is 0 Å². The first-order chi connectivity index (χ1) is 6.68. The van der Waals surface area contributed by atoms with Crippen LogP contribution in [0.5, 0.6) is 5.75 Å². The van der Waals surface area contributed by atoms with E-state index in [2.05, 4.69) is 12.6 Å². The first-order valence-electron chi connectivity index (χ1n) is 4.85. The van der Waals surface area contributed by atoms with Crippen LogP contribution >= 0.6 is 0 Å². The van der Waals surface area contributed by atoms with E-state index in [9.17, 15) is 0 Å². The van der Waals surface area contributed by atoms with Crippen LogP contribution < -0.4 is 10.5 Å². The predicted molar refractivity (Wildman–Crippen MR) is 57.4 cm³/mol. The van der Waals surface area contributed by atoms with Gasteiger partial charge < -0.3 is 10.5 Å². The lowest BCUT2D eigenvalue weighted by Gasteiger charge is -2.12. The number of hydrogen-bond donors (Lipinski definition) is 1. The van der Waals surface area contributed by atoms with Gasteiger partial charge in [-0.3, -0.25) is 0 Å². The lowest BCUT2D eigenvalue weighted by atomic mass is 9.99. The van der Waals surface area contributed by atoms with Crippen molar-refractivity contribution in [3.63, 3.8) is 0 Å². The van der Waals surface area contributed by atoms with Gasteiger partial charge in [-0.1, -0.05) is 24.3 Å². The second-order valence-electron chi connectivity index (χ2n) is 3.79. The molecule has 0 aliphatic carbocycles. The summed E-state index contributed by atoms with van der Waals surface area (Å²) in [5.74, 6) is 1.00. The van der Waals surface area contributed by atoms with E-state index >= 15 is 0 Å². The Labute approximate surface area is 84.4 Å². The molecular weight excluding hydrogens is 174 g/mol. The summed E-state index contributed by atoms with van der Waals surface area (Å²) in [5, 5.41) is 0. The summed E-state index contributed by atoms with van der Waals surface area (Å²) in [6, 6.07) is 6.09. The highest BCUT2D eigenvalue weighted by Gasteiger charge is 2.14. The van der Waals surface area contributed by atoms with E-state index in [0.717, 1.165) is 29.9 Å². The monoisotopic (exact) mass is 189 g/mol. The Morgan fingerprint density at radius 2 is 2.36 bits per heavy atom. The summed E-state index contributed by atoms with van der Waals surface area (Å²) < 4.78 is 5.43. The van der Waals surface area contributed by atoms with Crippen LogP contribution in [0.25, 0.3) is 0 Å². The molecule has 0 bridgehead atoms. The van der Waals surface area contributed by atoms with Gasteiger partial charge in [0.1, 0.15) is 5.75 Å². The van der Waals surface area contributed by atoms with Gasteiger partial charge in [0.2, 0.25) is 0 Å². The summed E-state index contributed by atoms with van der Waals surface area (Å²) in [4.78, 5) is 0. The molecule has 1 unspecified atom stereocenters. The van der Waals surface area contributed by atoms with Crippen LogP contribution in [0.4, 0.5) is 0 Å². The van der Waals surface area contributed by atoms with Gasteiger partial charge in [-0.15, -0.1) is 0 Å². The molecule has 2 rings (SSSR count). The molecule has 0 fully saturated rings. The van der Waals surface area contributed by atoms with Crippen molar-refractivity contribution in [1.82, 2.24) is 0 Å². The minimum atomic E-state index is -0.0547. The van der Waals surface area contributed by atoms with Crippen molar-refractivity contribution in [1.29, 1.82) is 0 Å². The van der Waals surface area contributed by atoms with Gasteiger partial charge in [-0.05, 0) is 24.1 Å². The predicted octanol–water partition coefficient (Wildman–Crippen LogP) is 2.20. The molecule has 0 aromatic heterocycles. The molecule has 1 aromatic rings. The molecule has 0 saturated heterocycles. The molecule has 0 saturated carbocycles. The normalized spacial score (nSPS) is 15.9. The molecule has 0 amide bonds. The van der Waals surface area contributed by atoms with E-state index < -0.39 is 0 Å². The van der Waals surface area contributed by atoms with Crippen molar-refractivity contribution >= 4 is 0 Å². The third kappa shape index (κ3) is 1.53. The van der Waals surface area contributed by atoms with Crippen LogP contribution in [0.3, 0.4) is 0 Å². The van der Waals surface area contributed by atoms with Gasteiger partial charge in [0.05, 0.1) is 12.6 Å². The number of hydrogen-bond acceptors (Lipinski definition) is 2. The summed E-state index contributed by atoms with van der Waals surface area (Å²) in [7, 11) is 0. The second kappa shape index (κ2) is 3.46. The molecule has 1 aromatic carbocycles. The Bertz CT molecular complexity index is 371. The summed E-state index contributed by atoms with van der Waals surface area (Å²) in [5.41, 5.74) is 9.37. The van der Waals surface area contributed by atoms with Crippen molar-refractivity contribution in [2.24, 2.45) is 5.73 Å². The third-order valence-electron chi connectivity index (χ3n) is 2.60. The molecular formula is C12H15NO. The van der Waals surface area contributed by atoms with Crippen molar-refractivity contribution in [2.45, 2.75) is 19.4 Å². The van der Waals surface area contributed by atoms with Gasteiger partial charge in [0, 0.05) is 6.42 Å². The highest BCUT2D eigenvalue weighted by molar-refractivity contribution is 5.42. The Kier molecular flexibility index (Phi) is 2.30. The fourth-order valence-corrected chi connectivity index (χ4v) is 1.68. The molecule has 2 heteroatoms. The number of fused-ring (bicyclic) bond motifs is 1. The Balaban J connectivity index is 2.33. The minimum absolute atomic E-state index is 0.0547. The summed E-state index contributed by atoms with van der Waals surface area (Å²) >= 11 is 0. The number of benzene rings is 1. The standard InChI is InChI=1S/C12H15NO/c1-8(2)12(13)10-3-4-11-9(7-10)5-6-14-11/h3-4,7,12H,1,5-6,13H2,2H3. The van der Waals surface area contributed by atoms with E-state index in [0.29, 0.717) is 0 Å². The Morgan fingerprint density at radius 1 is 1.57 bits per heavy atom. The topological polar surface area (TPSA) is 35.2 Å². The molecule has 1 aliphatic heterocycles. The van der Waals surface area contributed by atoms with E-state index in [4.69, 9.17) is 10.5 Å². The molecule has 2 nitrogen and oxygen atoms in total. The molecule has 0 radical (unpaired) electrons. The van der Waals surface area contributed by atoms with Crippen LogP contribution in [0.2, 0.25) is 0 Å². The highest BCUT2D eigenvalue weighted by Crippen LogP contribution is 2.28. The quantitative estimate of drug-likeness (QED) is 0.724. The number of ether oxygens (including phenoxy) is 1. The van der Waals surface area contributed by atoms with Gasteiger partial charge in [0.25, 0.3) is 0 Å². The fraction of sp³-hybridized carbons (Fsp3) is 0.333. The first-order valence-corrected chi connectivity index (χ1v) is 4.85. The van der Waals surface area contributed by atoms with Crippen molar-refractivity contribution in [2.75, 3.05) is 6.61 Å². The maximum Gasteiger partial charge on any atom is 0.122 e. The van der Waals surface area contributed by atoms with E-state index in [1.54, 1.807) is 0 Å². The van der Waals surface area contributed by atoms with Crippen LogP contribution in [0.1, 0.15) is 24.1 Å². The van der Waals surface area contributed by atoms with E-state index in [-0.39, 0.29) is 6.04 Å². The second-order valence-corrected chi connectivity index (χ2v) is 3.79. The van der Waals surface area contributed by atoms with Gasteiger partial charge >= 0.3 is 0 Å². The first kappa shape index (κ1) is 9.28. The molecule has 2 N–H and O–H groups in total.